The van der Waals surface area contributed by atoms with Crippen LogP contribution < -0.4 is 5.32 Å². The van der Waals surface area contributed by atoms with Gasteiger partial charge in [-0.15, -0.1) is 6.58 Å². The van der Waals surface area contributed by atoms with Crippen molar-refractivity contribution >= 4 is 0 Å². The molecule has 1 nitrogen and oxygen atoms in total. The summed E-state index contributed by atoms with van der Waals surface area (Å²) in [7, 11) is 2.06. The van der Waals surface area contributed by atoms with Gasteiger partial charge in [-0.2, -0.15) is 0 Å². The number of nitrogens with one attached hydrogen (secondary N) is 1. The minimum atomic E-state index is 0.717. The molecule has 72 valence electrons. The maximum absolute atomic E-state index is 3.90. The minimum Gasteiger partial charge on any atom is -0.317 e. The van der Waals surface area contributed by atoms with Crippen LogP contribution in [0.4, 0.5) is 0 Å². The second-order valence-corrected chi connectivity index (χ2v) is 3.62. The Balaban J connectivity index is 3.37. The zero-order valence-electron chi connectivity index (χ0n) is 8.82. The molecule has 0 aromatic rings. The largest absolute Gasteiger partial charge is 0.317 e. The minimum absolute atomic E-state index is 0.717. The Morgan fingerprint density at radius 3 is 2.50 bits per heavy atom. The Bertz CT molecular complexity index is 118. The lowest BCUT2D eigenvalue weighted by molar-refractivity contribution is 0.469. The predicted molar refractivity (Wildman–Crippen MR) is 56.4 cm³/mol. The molecular formula is C11H23N. The van der Waals surface area contributed by atoms with E-state index in [1.54, 1.807) is 0 Å². The molecule has 0 fully saturated rings. The van der Waals surface area contributed by atoms with E-state index in [-0.39, 0.29) is 0 Å². The van der Waals surface area contributed by atoms with Gasteiger partial charge in [0.05, 0.1) is 0 Å². The monoisotopic (exact) mass is 169 g/mol. The lowest BCUT2D eigenvalue weighted by Gasteiger charge is -2.14. The molecule has 0 amide bonds. The van der Waals surface area contributed by atoms with Crippen molar-refractivity contribution in [3.05, 3.63) is 12.2 Å². The number of rotatable bonds is 7. The molecule has 0 aliphatic heterocycles. The molecule has 0 radical (unpaired) electrons. The van der Waals surface area contributed by atoms with Gasteiger partial charge in [-0.05, 0) is 39.7 Å². The first-order valence-electron chi connectivity index (χ1n) is 5.02. The van der Waals surface area contributed by atoms with Crippen LogP contribution in [0.25, 0.3) is 0 Å². The number of hydrogen-bond acceptors (Lipinski definition) is 1. The Kier molecular flexibility index (Phi) is 7.17. The summed E-state index contributed by atoms with van der Waals surface area (Å²) in [6, 6.07) is 0.717. The maximum atomic E-state index is 3.90. The summed E-state index contributed by atoms with van der Waals surface area (Å²) in [5.74, 6) is 0. The Morgan fingerprint density at radius 2 is 2.08 bits per heavy atom. The van der Waals surface area contributed by atoms with Crippen LogP contribution in [-0.2, 0) is 0 Å². The van der Waals surface area contributed by atoms with Crippen molar-refractivity contribution in [3.63, 3.8) is 0 Å². The Hall–Kier alpha value is -0.300. The molecule has 0 saturated carbocycles. The van der Waals surface area contributed by atoms with Gasteiger partial charge in [0.1, 0.15) is 0 Å². The van der Waals surface area contributed by atoms with E-state index < -0.39 is 0 Å². The quantitative estimate of drug-likeness (QED) is 0.577. The summed E-state index contributed by atoms with van der Waals surface area (Å²) < 4.78 is 0. The zero-order valence-corrected chi connectivity index (χ0v) is 8.82. The van der Waals surface area contributed by atoms with E-state index in [4.69, 9.17) is 0 Å². The van der Waals surface area contributed by atoms with Crippen molar-refractivity contribution in [1.29, 1.82) is 0 Å². The summed E-state index contributed by atoms with van der Waals surface area (Å²) in [6.45, 7) is 8.25. The van der Waals surface area contributed by atoms with Gasteiger partial charge in [-0.3, -0.25) is 0 Å². The van der Waals surface area contributed by atoms with Crippen molar-refractivity contribution in [2.75, 3.05) is 7.05 Å². The van der Waals surface area contributed by atoms with Crippen LogP contribution in [0.5, 0.6) is 0 Å². The van der Waals surface area contributed by atoms with Gasteiger partial charge >= 0.3 is 0 Å². The molecule has 0 aromatic carbocycles. The van der Waals surface area contributed by atoms with Crippen molar-refractivity contribution in [1.82, 2.24) is 5.32 Å². The predicted octanol–water partition coefficient (Wildman–Crippen LogP) is 3.12. The molecule has 0 aromatic heterocycles. The molecule has 1 N–H and O–H groups in total. The summed E-state index contributed by atoms with van der Waals surface area (Å²) in [5.41, 5.74) is 1.31. The molecule has 0 aliphatic rings. The highest BCUT2D eigenvalue weighted by atomic mass is 14.9. The Morgan fingerprint density at radius 1 is 1.42 bits per heavy atom. The van der Waals surface area contributed by atoms with Crippen LogP contribution in [0.15, 0.2) is 12.2 Å². The van der Waals surface area contributed by atoms with Crippen LogP contribution in [0.1, 0.15) is 46.0 Å². The fourth-order valence-electron chi connectivity index (χ4n) is 1.43. The van der Waals surface area contributed by atoms with E-state index >= 15 is 0 Å². The van der Waals surface area contributed by atoms with Crippen LogP contribution in [0.3, 0.4) is 0 Å². The van der Waals surface area contributed by atoms with E-state index in [0.29, 0.717) is 6.04 Å². The third kappa shape index (κ3) is 6.41. The highest BCUT2D eigenvalue weighted by Crippen LogP contribution is 2.09. The molecule has 0 rings (SSSR count). The van der Waals surface area contributed by atoms with Crippen molar-refractivity contribution in [3.8, 4) is 0 Å². The van der Waals surface area contributed by atoms with Crippen LogP contribution in [-0.4, -0.2) is 13.1 Å². The van der Waals surface area contributed by atoms with E-state index in [1.165, 1.54) is 37.7 Å². The van der Waals surface area contributed by atoms with E-state index in [9.17, 15) is 0 Å². The third-order valence-electron chi connectivity index (χ3n) is 2.20. The number of allylic oxidation sites excluding steroid dienone is 1. The van der Waals surface area contributed by atoms with Crippen LogP contribution >= 0.6 is 0 Å². The molecule has 1 atom stereocenters. The molecule has 0 saturated heterocycles. The first kappa shape index (κ1) is 11.7. The molecule has 1 unspecified atom stereocenters. The summed E-state index contributed by atoms with van der Waals surface area (Å²) in [6.07, 6.45) is 6.32. The molecule has 1 heteroatoms. The molecule has 12 heavy (non-hydrogen) atoms. The standard InChI is InChI=1S/C11H23N/c1-5-7-11(12-4)9-6-8-10(2)3/h11-12H,2,5-9H2,1,3-4H3. The molecule has 0 bridgehead atoms. The molecule has 0 aliphatic carbocycles. The van der Waals surface area contributed by atoms with Crippen LogP contribution in [0, 0.1) is 0 Å². The SMILES string of the molecule is C=C(C)CCCC(CCC)NC. The fraction of sp³-hybridized carbons (Fsp3) is 0.818. The second-order valence-electron chi connectivity index (χ2n) is 3.62. The fourth-order valence-corrected chi connectivity index (χ4v) is 1.43. The normalized spacial score (nSPS) is 12.9. The summed E-state index contributed by atoms with van der Waals surface area (Å²) in [4.78, 5) is 0. The summed E-state index contributed by atoms with van der Waals surface area (Å²) in [5, 5.41) is 3.35. The third-order valence-corrected chi connectivity index (χ3v) is 2.20. The highest BCUT2D eigenvalue weighted by molar-refractivity contribution is 4.87. The van der Waals surface area contributed by atoms with Gasteiger partial charge in [-0.1, -0.05) is 18.9 Å². The lowest BCUT2D eigenvalue weighted by atomic mass is 10.0. The average molecular weight is 169 g/mol. The first-order valence-corrected chi connectivity index (χ1v) is 5.02. The van der Waals surface area contributed by atoms with E-state index in [2.05, 4.69) is 32.8 Å². The van der Waals surface area contributed by atoms with Gasteiger partial charge in [0, 0.05) is 6.04 Å². The van der Waals surface area contributed by atoms with Gasteiger partial charge in [0.15, 0.2) is 0 Å². The van der Waals surface area contributed by atoms with E-state index in [1.807, 2.05) is 0 Å². The molecule has 0 heterocycles. The van der Waals surface area contributed by atoms with Gasteiger partial charge in [0.25, 0.3) is 0 Å². The first-order chi connectivity index (χ1) is 5.70. The summed E-state index contributed by atoms with van der Waals surface area (Å²) >= 11 is 0. The molecule has 0 spiro atoms. The van der Waals surface area contributed by atoms with Crippen molar-refractivity contribution in [2.45, 2.75) is 52.0 Å². The smallest absolute Gasteiger partial charge is 0.00640 e. The molecular weight excluding hydrogens is 146 g/mol. The van der Waals surface area contributed by atoms with Gasteiger partial charge in [0.2, 0.25) is 0 Å². The maximum Gasteiger partial charge on any atom is 0.00640 e. The zero-order chi connectivity index (χ0) is 9.40. The van der Waals surface area contributed by atoms with Crippen molar-refractivity contribution < 1.29 is 0 Å². The van der Waals surface area contributed by atoms with Gasteiger partial charge in [-0.25, -0.2) is 0 Å². The topological polar surface area (TPSA) is 12.0 Å². The Labute approximate surface area is 77.2 Å². The second kappa shape index (κ2) is 7.35. The average Bonchev–Trinajstić information content (AvgIpc) is 2.02. The lowest BCUT2D eigenvalue weighted by Crippen LogP contribution is -2.24. The van der Waals surface area contributed by atoms with Gasteiger partial charge < -0.3 is 5.32 Å². The highest BCUT2D eigenvalue weighted by Gasteiger charge is 2.03. The van der Waals surface area contributed by atoms with Crippen molar-refractivity contribution in [2.24, 2.45) is 0 Å². The number of hydrogen-bond donors (Lipinski definition) is 1. The van der Waals surface area contributed by atoms with Crippen LogP contribution in [0.2, 0.25) is 0 Å². The van der Waals surface area contributed by atoms with E-state index in [0.717, 1.165) is 0 Å².